The fourth-order valence-corrected chi connectivity index (χ4v) is 3.22. The zero-order valence-electron chi connectivity index (χ0n) is 13.4. The molecule has 2 rings (SSSR count). The van der Waals surface area contributed by atoms with Gasteiger partial charge in [-0.3, -0.25) is 4.79 Å². The molecule has 25 heavy (non-hydrogen) atoms. The lowest BCUT2D eigenvalue weighted by Gasteiger charge is -2.04. The SMILES string of the molecule is NCCCCCc1nnc(S(=O)(=O)CC(=O)Nc2ccc(Br)cc2)o1. The van der Waals surface area contributed by atoms with E-state index in [9.17, 15) is 13.2 Å². The van der Waals surface area contributed by atoms with Gasteiger partial charge < -0.3 is 15.5 Å². The van der Waals surface area contributed by atoms with Crippen molar-refractivity contribution in [1.82, 2.24) is 10.2 Å². The number of nitrogens with two attached hydrogens (primary N) is 1. The van der Waals surface area contributed by atoms with E-state index in [0.717, 1.165) is 23.7 Å². The molecule has 1 aromatic carbocycles. The van der Waals surface area contributed by atoms with Crippen LogP contribution in [0.4, 0.5) is 5.69 Å². The van der Waals surface area contributed by atoms with Gasteiger partial charge in [0.15, 0.2) is 0 Å². The molecule has 0 bridgehead atoms. The number of unbranched alkanes of at least 4 members (excludes halogenated alkanes) is 2. The predicted octanol–water partition coefficient (Wildman–Crippen LogP) is 1.92. The number of sulfone groups is 1. The number of hydrogen-bond acceptors (Lipinski definition) is 7. The first kappa shape index (κ1) is 19.5. The Morgan fingerprint density at radius 3 is 2.56 bits per heavy atom. The highest BCUT2D eigenvalue weighted by atomic mass is 79.9. The summed E-state index contributed by atoms with van der Waals surface area (Å²) in [6.45, 7) is 0.608. The monoisotopic (exact) mass is 430 g/mol. The van der Waals surface area contributed by atoms with Crippen LogP contribution in [0.2, 0.25) is 0 Å². The molecule has 0 aliphatic carbocycles. The van der Waals surface area contributed by atoms with Crippen LogP contribution in [0.15, 0.2) is 38.4 Å². The molecule has 0 spiro atoms. The van der Waals surface area contributed by atoms with E-state index in [-0.39, 0.29) is 5.89 Å². The van der Waals surface area contributed by atoms with Gasteiger partial charge in [-0.1, -0.05) is 27.4 Å². The smallest absolute Gasteiger partial charge is 0.336 e. The quantitative estimate of drug-likeness (QED) is 0.581. The van der Waals surface area contributed by atoms with E-state index in [1.807, 2.05) is 0 Å². The molecular formula is C15H19BrN4O4S. The van der Waals surface area contributed by atoms with Crippen molar-refractivity contribution in [3.8, 4) is 0 Å². The van der Waals surface area contributed by atoms with Crippen LogP contribution in [0.1, 0.15) is 25.2 Å². The number of hydrogen-bond donors (Lipinski definition) is 2. The summed E-state index contributed by atoms with van der Waals surface area (Å²) in [5.74, 6) is -1.20. The maximum Gasteiger partial charge on any atom is 0.336 e. The number of aromatic nitrogens is 2. The molecule has 2 aromatic rings. The van der Waals surface area contributed by atoms with E-state index >= 15 is 0 Å². The lowest BCUT2D eigenvalue weighted by Crippen LogP contribution is -2.23. The zero-order valence-corrected chi connectivity index (χ0v) is 15.8. The minimum atomic E-state index is -3.98. The molecule has 136 valence electrons. The van der Waals surface area contributed by atoms with Crippen LogP contribution in [-0.4, -0.2) is 36.8 Å². The summed E-state index contributed by atoms with van der Waals surface area (Å²) in [6.07, 6.45) is 3.04. The number of carbonyl (C=O) groups excluding carboxylic acids is 1. The number of amides is 1. The molecule has 0 saturated heterocycles. The Balaban J connectivity index is 1.93. The first-order valence-corrected chi connectivity index (χ1v) is 10.2. The van der Waals surface area contributed by atoms with E-state index in [1.54, 1.807) is 24.3 Å². The highest BCUT2D eigenvalue weighted by molar-refractivity contribution is 9.10. The van der Waals surface area contributed by atoms with E-state index in [1.165, 1.54) is 0 Å². The minimum Gasteiger partial charge on any atom is -0.413 e. The Kier molecular flexibility index (Phi) is 7.09. The molecule has 8 nitrogen and oxygen atoms in total. The predicted molar refractivity (Wildman–Crippen MR) is 95.7 cm³/mol. The van der Waals surface area contributed by atoms with E-state index < -0.39 is 26.7 Å². The lowest BCUT2D eigenvalue weighted by atomic mass is 10.2. The molecule has 0 aliphatic rings. The van der Waals surface area contributed by atoms with Crippen molar-refractivity contribution in [1.29, 1.82) is 0 Å². The van der Waals surface area contributed by atoms with Crippen LogP contribution < -0.4 is 11.1 Å². The standard InChI is InChI=1S/C15H19BrN4O4S/c16-11-5-7-12(8-6-11)18-13(21)10-25(22,23)15-20-19-14(24-15)4-2-1-3-9-17/h5-8H,1-4,9-10,17H2,(H,18,21). The molecule has 10 heteroatoms. The van der Waals surface area contributed by atoms with Gasteiger partial charge in [0.1, 0.15) is 5.75 Å². The molecule has 1 heterocycles. The van der Waals surface area contributed by atoms with Gasteiger partial charge in [0.25, 0.3) is 0 Å². The van der Waals surface area contributed by atoms with Gasteiger partial charge in [-0.15, -0.1) is 5.10 Å². The summed E-state index contributed by atoms with van der Waals surface area (Å²) in [7, 11) is -3.98. The summed E-state index contributed by atoms with van der Waals surface area (Å²) >= 11 is 3.28. The summed E-state index contributed by atoms with van der Waals surface area (Å²) in [5, 5.41) is 9.23. The number of benzene rings is 1. The Hall–Kier alpha value is -1.78. The van der Waals surface area contributed by atoms with Crippen molar-refractivity contribution in [2.45, 2.75) is 30.9 Å². The molecule has 1 aromatic heterocycles. The van der Waals surface area contributed by atoms with Crippen molar-refractivity contribution in [2.24, 2.45) is 5.73 Å². The van der Waals surface area contributed by atoms with Gasteiger partial charge in [0.05, 0.1) is 0 Å². The second-order valence-electron chi connectivity index (χ2n) is 5.38. The van der Waals surface area contributed by atoms with Crippen LogP contribution >= 0.6 is 15.9 Å². The fourth-order valence-electron chi connectivity index (χ4n) is 2.03. The van der Waals surface area contributed by atoms with Crippen molar-refractivity contribution >= 4 is 37.4 Å². The maximum atomic E-state index is 12.2. The summed E-state index contributed by atoms with van der Waals surface area (Å²) in [5.41, 5.74) is 5.90. The number of aryl methyl sites for hydroxylation is 1. The maximum absolute atomic E-state index is 12.2. The van der Waals surface area contributed by atoms with Gasteiger partial charge in [0.2, 0.25) is 21.6 Å². The molecule has 3 N–H and O–H groups in total. The first-order valence-electron chi connectivity index (χ1n) is 7.71. The highest BCUT2D eigenvalue weighted by Gasteiger charge is 2.26. The molecule has 0 radical (unpaired) electrons. The molecule has 0 atom stereocenters. The van der Waals surface area contributed by atoms with E-state index in [2.05, 4.69) is 31.4 Å². The number of rotatable bonds is 9. The fraction of sp³-hybridized carbons (Fsp3) is 0.400. The zero-order chi connectivity index (χ0) is 18.3. The molecule has 0 saturated carbocycles. The van der Waals surface area contributed by atoms with Crippen LogP contribution in [0.5, 0.6) is 0 Å². The van der Waals surface area contributed by atoms with Gasteiger partial charge in [-0.25, -0.2) is 8.42 Å². The van der Waals surface area contributed by atoms with Crippen LogP contribution in [0, 0.1) is 0 Å². The Morgan fingerprint density at radius 2 is 1.88 bits per heavy atom. The van der Waals surface area contributed by atoms with Crippen LogP contribution in [0.25, 0.3) is 0 Å². The minimum absolute atomic E-state index is 0.240. The normalized spacial score (nSPS) is 11.4. The van der Waals surface area contributed by atoms with Gasteiger partial charge in [-0.2, -0.15) is 0 Å². The number of halogens is 1. The second-order valence-corrected chi connectivity index (χ2v) is 8.16. The largest absolute Gasteiger partial charge is 0.413 e. The molecule has 0 aliphatic heterocycles. The number of anilines is 1. The average molecular weight is 431 g/mol. The van der Waals surface area contributed by atoms with Crippen molar-refractivity contribution < 1.29 is 17.6 Å². The topological polar surface area (TPSA) is 128 Å². The lowest BCUT2D eigenvalue weighted by molar-refractivity contribution is -0.113. The molecule has 1 amide bonds. The Bertz CT molecular complexity index is 805. The first-order chi connectivity index (χ1) is 11.9. The molecule has 0 unspecified atom stereocenters. The number of nitrogens with zero attached hydrogens (tertiary/aromatic N) is 2. The highest BCUT2D eigenvalue weighted by Crippen LogP contribution is 2.15. The third-order valence-electron chi connectivity index (χ3n) is 3.26. The average Bonchev–Trinajstić information content (AvgIpc) is 3.03. The summed E-state index contributed by atoms with van der Waals surface area (Å²) in [6, 6.07) is 6.78. The van der Waals surface area contributed by atoms with Gasteiger partial charge in [-0.05, 0) is 43.7 Å². The van der Waals surface area contributed by atoms with Crippen LogP contribution in [0.3, 0.4) is 0 Å². The third-order valence-corrected chi connectivity index (χ3v) is 5.13. The molecule has 0 fully saturated rings. The number of carbonyl (C=O) groups is 1. The van der Waals surface area contributed by atoms with E-state index in [0.29, 0.717) is 18.7 Å². The molecular weight excluding hydrogens is 412 g/mol. The van der Waals surface area contributed by atoms with Crippen molar-refractivity contribution in [3.63, 3.8) is 0 Å². The van der Waals surface area contributed by atoms with Crippen LogP contribution in [-0.2, 0) is 21.1 Å². The summed E-state index contributed by atoms with van der Waals surface area (Å²) < 4.78 is 30.4. The Morgan fingerprint density at radius 1 is 1.16 bits per heavy atom. The summed E-state index contributed by atoms with van der Waals surface area (Å²) in [4.78, 5) is 11.9. The second kappa shape index (κ2) is 9.07. The Labute approximate surface area is 154 Å². The van der Waals surface area contributed by atoms with Crippen molar-refractivity contribution in [2.75, 3.05) is 17.6 Å². The van der Waals surface area contributed by atoms with Crippen molar-refractivity contribution in [3.05, 3.63) is 34.6 Å². The number of nitrogens with one attached hydrogen (secondary N) is 1. The van der Waals surface area contributed by atoms with Gasteiger partial charge >= 0.3 is 5.22 Å². The third kappa shape index (κ3) is 6.22. The van der Waals surface area contributed by atoms with Gasteiger partial charge in [0, 0.05) is 16.6 Å². The van der Waals surface area contributed by atoms with E-state index in [4.69, 9.17) is 10.2 Å².